The fraction of sp³-hybridized carbons (Fsp3) is 0.314. The fourth-order valence-corrected chi connectivity index (χ4v) is 8.19. The Morgan fingerprint density at radius 1 is 0.891 bits per heavy atom. The van der Waals surface area contributed by atoms with E-state index in [1.807, 2.05) is 18.2 Å². The highest BCUT2D eigenvalue weighted by molar-refractivity contribution is 6.25. The van der Waals surface area contributed by atoms with Crippen molar-refractivity contribution in [3.63, 3.8) is 0 Å². The first kappa shape index (κ1) is 29.5. The van der Waals surface area contributed by atoms with Crippen LogP contribution < -0.4 is 14.5 Å². The lowest BCUT2D eigenvalue weighted by Gasteiger charge is -2.49. The van der Waals surface area contributed by atoms with E-state index in [2.05, 4.69) is 0 Å². The summed E-state index contributed by atoms with van der Waals surface area (Å²) >= 11 is 0. The van der Waals surface area contributed by atoms with Gasteiger partial charge in [-0.05, 0) is 49.9 Å². The Kier molecular flexibility index (Phi) is 7.08. The molecule has 1 saturated carbocycles. The number of hydrogen-bond donors (Lipinski definition) is 1. The molecule has 2 aliphatic heterocycles. The van der Waals surface area contributed by atoms with E-state index in [1.54, 1.807) is 49.4 Å². The van der Waals surface area contributed by atoms with Gasteiger partial charge in [0.1, 0.15) is 12.4 Å². The van der Waals surface area contributed by atoms with Gasteiger partial charge in [-0.3, -0.25) is 29.3 Å². The van der Waals surface area contributed by atoms with Crippen LogP contribution in [0.5, 0.6) is 5.75 Å². The number of allylic oxidation sites excluding steroid dienone is 2. The lowest BCUT2D eigenvalue weighted by Crippen LogP contribution is -2.49. The summed E-state index contributed by atoms with van der Waals surface area (Å²) in [7, 11) is 0. The summed E-state index contributed by atoms with van der Waals surface area (Å²) in [4.78, 5) is 70.0. The number of imide groups is 2. The molecule has 3 aromatic rings. The zero-order chi connectivity index (χ0) is 32.3. The number of hydrogen-bond acceptors (Lipinski definition) is 8. The van der Waals surface area contributed by atoms with Crippen LogP contribution in [0.4, 0.5) is 17.1 Å². The standard InChI is InChI=1S/C35H31N3O8/c1-35-27(32(41)37(34(35)43)20-8-3-2-4-9-20)19-26-23(30(35)24-12-5-6-13-28(24)46-17-16-39)14-15-25-29(26)33(42)36(31(25)40)21-10-7-11-22(18-21)38(44)45/h2-14,18,25-27,29-30,39H,15-17,19H2,1H3. The number of non-ortho nitro benzene ring substituents is 1. The van der Waals surface area contributed by atoms with Gasteiger partial charge in [-0.1, -0.05) is 54.1 Å². The predicted molar refractivity (Wildman–Crippen MR) is 166 cm³/mol. The lowest BCUT2D eigenvalue weighted by atomic mass is 9.51. The molecule has 11 nitrogen and oxygen atoms in total. The molecule has 2 heterocycles. The van der Waals surface area contributed by atoms with Crippen LogP contribution in [0.3, 0.4) is 0 Å². The van der Waals surface area contributed by atoms with Crippen molar-refractivity contribution < 1.29 is 33.9 Å². The zero-order valence-corrected chi connectivity index (χ0v) is 24.9. The maximum absolute atomic E-state index is 14.5. The molecule has 0 radical (unpaired) electrons. The highest BCUT2D eigenvalue weighted by atomic mass is 16.6. The van der Waals surface area contributed by atoms with E-state index in [0.29, 0.717) is 17.0 Å². The molecule has 2 aliphatic carbocycles. The fourth-order valence-electron chi connectivity index (χ4n) is 8.19. The molecule has 46 heavy (non-hydrogen) atoms. The van der Waals surface area contributed by atoms with E-state index >= 15 is 0 Å². The number of carbonyl (C=O) groups is 4. The second kappa shape index (κ2) is 11.0. The van der Waals surface area contributed by atoms with Crippen molar-refractivity contribution in [1.29, 1.82) is 0 Å². The molecule has 0 aromatic heterocycles. The number of para-hydroxylation sites is 2. The van der Waals surface area contributed by atoms with Crippen molar-refractivity contribution in [1.82, 2.24) is 0 Å². The molecule has 4 amide bonds. The maximum atomic E-state index is 14.5. The van der Waals surface area contributed by atoms with E-state index in [9.17, 15) is 34.4 Å². The lowest BCUT2D eigenvalue weighted by molar-refractivity contribution is -0.384. The molecule has 1 N–H and O–H groups in total. The largest absolute Gasteiger partial charge is 0.491 e. The van der Waals surface area contributed by atoms with Crippen molar-refractivity contribution in [2.24, 2.45) is 29.1 Å². The molecule has 6 atom stereocenters. The van der Waals surface area contributed by atoms with Crippen molar-refractivity contribution in [2.75, 3.05) is 23.0 Å². The van der Waals surface area contributed by atoms with Crippen molar-refractivity contribution in [3.05, 3.63) is 106 Å². The Hall–Kier alpha value is -5.16. The number of nitro benzene ring substituents is 1. The van der Waals surface area contributed by atoms with Gasteiger partial charge in [0.15, 0.2) is 0 Å². The number of rotatable bonds is 7. The second-order valence-electron chi connectivity index (χ2n) is 12.4. The summed E-state index contributed by atoms with van der Waals surface area (Å²) in [5.41, 5.74) is 0.541. The van der Waals surface area contributed by atoms with Crippen LogP contribution >= 0.6 is 0 Å². The molecular formula is C35H31N3O8. The normalized spacial score (nSPS) is 28.5. The summed E-state index contributed by atoms with van der Waals surface area (Å²) < 4.78 is 5.95. The molecule has 11 heteroatoms. The summed E-state index contributed by atoms with van der Waals surface area (Å²) in [5.74, 6) is -4.77. The van der Waals surface area contributed by atoms with E-state index in [1.165, 1.54) is 29.2 Å². The third kappa shape index (κ3) is 4.22. The Morgan fingerprint density at radius 3 is 2.35 bits per heavy atom. The Balaban J connectivity index is 1.36. The monoisotopic (exact) mass is 621 g/mol. The molecule has 234 valence electrons. The molecule has 4 aliphatic rings. The van der Waals surface area contributed by atoms with Crippen LogP contribution in [-0.4, -0.2) is 46.9 Å². The van der Waals surface area contributed by atoms with Crippen LogP contribution in [0.2, 0.25) is 0 Å². The van der Waals surface area contributed by atoms with Gasteiger partial charge in [0.25, 0.3) is 5.69 Å². The average molecular weight is 622 g/mol. The minimum Gasteiger partial charge on any atom is -0.491 e. The van der Waals surface area contributed by atoms with Crippen molar-refractivity contribution >= 4 is 40.7 Å². The van der Waals surface area contributed by atoms with Crippen LogP contribution in [0, 0.1) is 39.2 Å². The molecule has 0 bridgehead atoms. The average Bonchev–Trinajstić information content (AvgIpc) is 3.43. The number of aliphatic hydroxyl groups excluding tert-OH is 1. The Bertz CT molecular complexity index is 1820. The summed E-state index contributed by atoms with van der Waals surface area (Å²) in [6.45, 7) is 1.59. The van der Waals surface area contributed by atoms with Gasteiger partial charge in [0, 0.05) is 23.6 Å². The van der Waals surface area contributed by atoms with E-state index in [4.69, 9.17) is 4.74 Å². The van der Waals surface area contributed by atoms with Crippen molar-refractivity contribution in [2.45, 2.75) is 25.7 Å². The minimum atomic E-state index is -1.24. The first-order valence-corrected chi connectivity index (χ1v) is 15.3. The summed E-state index contributed by atoms with van der Waals surface area (Å²) in [6.07, 6.45) is 2.34. The predicted octanol–water partition coefficient (Wildman–Crippen LogP) is 4.40. The van der Waals surface area contributed by atoms with Gasteiger partial charge < -0.3 is 9.84 Å². The van der Waals surface area contributed by atoms with Crippen LogP contribution in [0.25, 0.3) is 0 Å². The van der Waals surface area contributed by atoms with Crippen LogP contribution in [0.15, 0.2) is 90.5 Å². The van der Waals surface area contributed by atoms with Crippen molar-refractivity contribution in [3.8, 4) is 5.75 Å². The van der Waals surface area contributed by atoms with Gasteiger partial charge in [-0.2, -0.15) is 0 Å². The number of fused-ring (bicyclic) bond motifs is 4. The van der Waals surface area contributed by atoms with Gasteiger partial charge in [-0.15, -0.1) is 0 Å². The summed E-state index contributed by atoms with van der Waals surface area (Å²) in [5, 5.41) is 21.0. The van der Waals surface area contributed by atoms with Crippen LogP contribution in [0.1, 0.15) is 31.2 Å². The second-order valence-corrected chi connectivity index (χ2v) is 12.4. The van der Waals surface area contributed by atoms with Gasteiger partial charge >= 0.3 is 0 Å². The van der Waals surface area contributed by atoms with Gasteiger partial charge in [-0.25, -0.2) is 9.80 Å². The summed E-state index contributed by atoms with van der Waals surface area (Å²) in [6, 6.07) is 21.4. The van der Waals surface area contributed by atoms with Gasteiger partial charge in [0.2, 0.25) is 23.6 Å². The van der Waals surface area contributed by atoms with E-state index < -0.39 is 51.7 Å². The maximum Gasteiger partial charge on any atom is 0.271 e. The quantitative estimate of drug-likeness (QED) is 0.177. The molecule has 6 unspecified atom stereocenters. The Morgan fingerprint density at radius 2 is 1.61 bits per heavy atom. The SMILES string of the molecule is CC12C(=O)N(c3ccccc3)C(=O)C1CC1C(=CCC3C(=O)N(c4cccc([N+](=O)[O-])c4)C(=O)C31)C2c1ccccc1OCCO. The zero-order valence-electron chi connectivity index (χ0n) is 24.9. The minimum absolute atomic E-state index is 0.0191. The smallest absolute Gasteiger partial charge is 0.271 e. The van der Waals surface area contributed by atoms with E-state index in [0.717, 1.165) is 10.5 Å². The number of benzene rings is 3. The number of nitrogens with zero attached hydrogens (tertiary/aromatic N) is 3. The van der Waals surface area contributed by atoms with E-state index in [-0.39, 0.29) is 49.2 Å². The first-order valence-electron chi connectivity index (χ1n) is 15.3. The Labute approximate surface area is 264 Å². The number of anilines is 2. The first-order chi connectivity index (χ1) is 22.2. The topological polar surface area (TPSA) is 147 Å². The molecule has 7 rings (SSSR count). The molecule has 0 spiro atoms. The molecule has 3 aromatic carbocycles. The highest BCUT2D eigenvalue weighted by Crippen LogP contribution is 2.64. The highest BCUT2D eigenvalue weighted by Gasteiger charge is 2.68. The van der Waals surface area contributed by atoms with Gasteiger partial charge in [0.05, 0.1) is 46.1 Å². The number of nitro groups is 1. The molecule has 3 fully saturated rings. The van der Waals surface area contributed by atoms with Crippen LogP contribution in [-0.2, 0) is 19.2 Å². The molecular weight excluding hydrogens is 590 g/mol. The number of amides is 4. The number of aliphatic hydroxyl groups is 1. The molecule has 2 saturated heterocycles. The number of ether oxygens (including phenoxy) is 1. The third-order valence-corrected chi connectivity index (χ3v) is 10.2. The number of carbonyl (C=O) groups excluding carboxylic acids is 4. The third-order valence-electron chi connectivity index (χ3n) is 10.2.